The number of nitrogens with zero attached hydrogens (tertiary/aromatic N) is 5. The van der Waals surface area contributed by atoms with E-state index in [2.05, 4.69) is 5.10 Å². The number of fused-ring (bicyclic) bond motifs is 1. The molecule has 0 N–H and O–H groups in total. The van der Waals surface area contributed by atoms with Gasteiger partial charge in [-0.1, -0.05) is 29.3 Å². The lowest BCUT2D eigenvalue weighted by molar-refractivity contribution is 0.0140. The molecule has 1 fully saturated rings. The second kappa shape index (κ2) is 9.46. The lowest BCUT2D eigenvalue weighted by Crippen LogP contribution is -2.51. The average molecular weight is 508 g/mol. The normalized spacial score (nSPS) is 16.5. The van der Waals surface area contributed by atoms with Gasteiger partial charge in [-0.15, -0.1) is 0 Å². The van der Waals surface area contributed by atoms with Gasteiger partial charge in [-0.2, -0.15) is 5.10 Å². The highest BCUT2D eigenvalue weighted by atomic mass is 35.5. The minimum absolute atomic E-state index is 0.196. The van der Waals surface area contributed by atoms with Gasteiger partial charge in [-0.3, -0.25) is 14.3 Å². The van der Waals surface area contributed by atoms with Crippen LogP contribution in [0.15, 0.2) is 24.3 Å². The Morgan fingerprint density at radius 3 is 2.29 bits per heavy atom. The molecule has 34 heavy (non-hydrogen) atoms. The van der Waals surface area contributed by atoms with Crippen LogP contribution in [0.2, 0.25) is 10.0 Å². The number of benzene rings is 1. The summed E-state index contributed by atoms with van der Waals surface area (Å²) < 4.78 is 6.98. The van der Waals surface area contributed by atoms with E-state index in [4.69, 9.17) is 27.9 Å². The summed E-state index contributed by atoms with van der Waals surface area (Å²) in [4.78, 5) is 43.3. The van der Waals surface area contributed by atoms with Crippen molar-refractivity contribution in [1.82, 2.24) is 24.5 Å². The topological polar surface area (TPSA) is 88.0 Å². The maximum Gasteiger partial charge on any atom is 0.410 e. The number of halogens is 2. The van der Waals surface area contributed by atoms with Gasteiger partial charge in [-0.05, 0) is 38.5 Å². The second-order valence-electron chi connectivity index (χ2n) is 9.37. The molecule has 1 saturated heterocycles. The summed E-state index contributed by atoms with van der Waals surface area (Å²) in [5.41, 5.74) is 0.905. The summed E-state index contributed by atoms with van der Waals surface area (Å²) in [6.45, 7) is 8.30. The van der Waals surface area contributed by atoms with E-state index in [0.717, 1.165) is 5.56 Å². The number of carbonyl (C=O) groups is 3. The molecule has 2 aliphatic rings. The van der Waals surface area contributed by atoms with Gasteiger partial charge in [0.25, 0.3) is 11.8 Å². The predicted octanol–water partition coefficient (Wildman–Crippen LogP) is 3.54. The van der Waals surface area contributed by atoms with Crippen molar-refractivity contribution < 1.29 is 19.1 Å². The van der Waals surface area contributed by atoms with Gasteiger partial charge in [0.15, 0.2) is 5.69 Å². The molecule has 3 amide bonds. The summed E-state index contributed by atoms with van der Waals surface area (Å²) >= 11 is 12.1. The highest BCUT2D eigenvalue weighted by Gasteiger charge is 2.32. The SMILES string of the molecule is CC(C)(C)OC(=O)N1CCN(C(=O)c2cc3n(n2)CCN(Cc2ccc(Cl)c(Cl)c2)C3=O)CC1. The Bertz CT molecular complexity index is 1120. The van der Waals surface area contributed by atoms with Crippen LogP contribution in [0.1, 0.15) is 47.3 Å². The van der Waals surface area contributed by atoms with Crippen molar-refractivity contribution in [2.75, 3.05) is 32.7 Å². The lowest BCUT2D eigenvalue weighted by atomic mass is 10.2. The van der Waals surface area contributed by atoms with E-state index in [9.17, 15) is 14.4 Å². The molecule has 4 rings (SSSR count). The molecule has 0 saturated carbocycles. The Labute approximate surface area is 208 Å². The molecule has 0 spiro atoms. The van der Waals surface area contributed by atoms with Crippen LogP contribution in [-0.4, -0.2) is 80.7 Å². The second-order valence-corrected chi connectivity index (χ2v) is 10.2. The number of piperazine rings is 1. The highest BCUT2D eigenvalue weighted by molar-refractivity contribution is 6.42. The van der Waals surface area contributed by atoms with E-state index < -0.39 is 5.60 Å². The first-order valence-corrected chi connectivity index (χ1v) is 11.9. The Kier molecular flexibility index (Phi) is 6.78. The molecule has 0 atom stereocenters. The maximum absolute atomic E-state index is 13.0. The van der Waals surface area contributed by atoms with Gasteiger partial charge < -0.3 is 19.4 Å². The fourth-order valence-corrected chi connectivity index (χ4v) is 4.25. The minimum Gasteiger partial charge on any atom is -0.444 e. The van der Waals surface area contributed by atoms with E-state index in [1.54, 1.807) is 37.6 Å². The number of hydrogen-bond acceptors (Lipinski definition) is 5. The largest absolute Gasteiger partial charge is 0.444 e. The summed E-state index contributed by atoms with van der Waals surface area (Å²) in [5, 5.41) is 5.28. The quantitative estimate of drug-likeness (QED) is 0.633. The number of rotatable bonds is 3. The van der Waals surface area contributed by atoms with E-state index in [1.165, 1.54) is 0 Å². The molecule has 3 heterocycles. The van der Waals surface area contributed by atoms with Crippen LogP contribution in [0.25, 0.3) is 0 Å². The molecule has 0 bridgehead atoms. The molecule has 0 unspecified atom stereocenters. The fourth-order valence-electron chi connectivity index (χ4n) is 3.93. The van der Waals surface area contributed by atoms with Gasteiger partial charge in [-0.25, -0.2) is 4.79 Å². The molecule has 2 aliphatic heterocycles. The summed E-state index contributed by atoms with van der Waals surface area (Å²) in [6, 6.07) is 6.83. The van der Waals surface area contributed by atoms with Crippen LogP contribution in [0.5, 0.6) is 0 Å². The molecule has 0 aliphatic carbocycles. The van der Waals surface area contributed by atoms with Crippen molar-refractivity contribution in [3.8, 4) is 0 Å². The van der Waals surface area contributed by atoms with Crippen molar-refractivity contribution in [2.24, 2.45) is 0 Å². The first kappa shape index (κ1) is 24.3. The monoisotopic (exact) mass is 507 g/mol. The third kappa shape index (κ3) is 5.31. The van der Waals surface area contributed by atoms with Crippen LogP contribution in [0.4, 0.5) is 4.79 Å². The standard InChI is InChI=1S/C23H27Cl2N5O4/c1-23(2,3)34-22(33)28-8-6-27(7-9-28)20(31)18-13-19-21(32)29(10-11-30(19)26-18)14-15-4-5-16(24)17(25)12-15/h4-5,12-13H,6-11,14H2,1-3H3. The van der Waals surface area contributed by atoms with Crippen LogP contribution >= 0.6 is 23.2 Å². The van der Waals surface area contributed by atoms with Gasteiger partial charge in [0.2, 0.25) is 0 Å². The molecule has 1 aromatic carbocycles. The summed E-state index contributed by atoms with van der Waals surface area (Å²) in [6.07, 6.45) is -0.385. The van der Waals surface area contributed by atoms with Crippen molar-refractivity contribution in [1.29, 1.82) is 0 Å². The molecular weight excluding hydrogens is 481 g/mol. The summed E-state index contributed by atoms with van der Waals surface area (Å²) in [5.74, 6) is -0.451. The molecule has 0 radical (unpaired) electrons. The Hall–Kier alpha value is -2.78. The predicted molar refractivity (Wildman–Crippen MR) is 127 cm³/mol. The Balaban J connectivity index is 1.39. The van der Waals surface area contributed by atoms with Gasteiger partial charge in [0.1, 0.15) is 11.3 Å². The zero-order valence-electron chi connectivity index (χ0n) is 19.4. The maximum atomic E-state index is 13.0. The average Bonchev–Trinajstić information content (AvgIpc) is 3.22. The van der Waals surface area contributed by atoms with E-state index in [-0.39, 0.29) is 23.6 Å². The van der Waals surface area contributed by atoms with E-state index in [1.807, 2.05) is 26.8 Å². The highest BCUT2D eigenvalue weighted by Crippen LogP contribution is 2.24. The molecule has 2 aromatic rings. The van der Waals surface area contributed by atoms with E-state index >= 15 is 0 Å². The number of aromatic nitrogens is 2. The third-order valence-electron chi connectivity index (χ3n) is 5.66. The third-order valence-corrected chi connectivity index (χ3v) is 6.40. The van der Waals surface area contributed by atoms with Crippen LogP contribution in [-0.2, 0) is 17.8 Å². The lowest BCUT2D eigenvalue weighted by Gasteiger charge is -2.35. The minimum atomic E-state index is -0.570. The molecular formula is C23H27Cl2N5O4. The fraction of sp³-hybridized carbons (Fsp3) is 0.478. The van der Waals surface area contributed by atoms with Crippen LogP contribution < -0.4 is 0 Å². The summed E-state index contributed by atoms with van der Waals surface area (Å²) in [7, 11) is 0. The number of hydrogen-bond donors (Lipinski definition) is 0. The number of carbonyl (C=O) groups excluding carboxylic acids is 3. The number of amides is 3. The van der Waals surface area contributed by atoms with E-state index in [0.29, 0.717) is 61.6 Å². The van der Waals surface area contributed by atoms with Gasteiger partial charge in [0, 0.05) is 45.3 Å². The zero-order chi connectivity index (χ0) is 24.6. The first-order valence-electron chi connectivity index (χ1n) is 11.1. The Morgan fingerprint density at radius 1 is 0.971 bits per heavy atom. The van der Waals surface area contributed by atoms with Crippen molar-refractivity contribution in [2.45, 2.75) is 39.5 Å². The molecule has 1 aromatic heterocycles. The smallest absolute Gasteiger partial charge is 0.410 e. The van der Waals surface area contributed by atoms with Crippen LogP contribution in [0.3, 0.4) is 0 Å². The van der Waals surface area contributed by atoms with Crippen molar-refractivity contribution in [3.05, 3.63) is 51.3 Å². The molecule has 11 heteroatoms. The van der Waals surface area contributed by atoms with Gasteiger partial charge in [0.05, 0.1) is 16.6 Å². The molecule has 9 nitrogen and oxygen atoms in total. The van der Waals surface area contributed by atoms with Crippen molar-refractivity contribution in [3.63, 3.8) is 0 Å². The Morgan fingerprint density at radius 2 is 1.65 bits per heavy atom. The van der Waals surface area contributed by atoms with Gasteiger partial charge >= 0.3 is 6.09 Å². The van der Waals surface area contributed by atoms with Crippen LogP contribution in [0, 0.1) is 0 Å². The van der Waals surface area contributed by atoms with Crippen molar-refractivity contribution >= 4 is 41.1 Å². The number of ether oxygens (including phenoxy) is 1. The molecule has 182 valence electrons. The zero-order valence-corrected chi connectivity index (χ0v) is 20.9. The first-order chi connectivity index (χ1) is 16.0.